The fourth-order valence-electron chi connectivity index (χ4n) is 4.01. The van der Waals surface area contributed by atoms with Crippen molar-refractivity contribution in [3.63, 3.8) is 0 Å². The van der Waals surface area contributed by atoms with Gasteiger partial charge < -0.3 is 0 Å². The van der Waals surface area contributed by atoms with Gasteiger partial charge in [0, 0.05) is 27.8 Å². The van der Waals surface area contributed by atoms with Crippen LogP contribution in [0.1, 0.15) is 18.4 Å². The number of hydrogen-bond donors (Lipinski definition) is 0. The summed E-state index contributed by atoms with van der Waals surface area (Å²) in [7, 11) is 0. The van der Waals surface area contributed by atoms with Gasteiger partial charge in [-0.2, -0.15) is 0 Å². The van der Waals surface area contributed by atoms with Crippen LogP contribution < -0.4 is 4.90 Å². The molecule has 0 saturated carbocycles. The maximum atomic E-state index is 13.4. The van der Waals surface area contributed by atoms with E-state index < -0.39 is 0 Å². The molecule has 0 aromatic heterocycles. The van der Waals surface area contributed by atoms with E-state index in [1.54, 1.807) is 27.6 Å². The van der Waals surface area contributed by atoms with Crippen molar-refractivity contribution in [1.82, 2.24) is 4.90 Å². The summed E-state index contributed by atoms with van der Waals surface area (Å²) in [6, 6.07) is 23.3. The molecule has 5 rings (SSSR count). The minimum Gasteiger partial charge on any atom is -0.293 e. The Morgan fingerprint density at radius 2 is 1.69 bits per heavy atom. The molecule has 0 radical (unpaired) electrons. The molecule has 0 bridgehead atoms. The normalized spacial score (nSPS) is 16.1. The summed E-state index contributed by atoms with van der Waals surface area (Å²) in [5.41, 5.74) is 2.69. The highest BCUT2D eigenvalue weighted by molar-refractivity contribution is 8.26. The summed E-state index contributed by atoms with van der Waals surface area (Å²) < 4.78 is 0.517. The van der Waals surface area contributed by atoms with E-state index in [1.165, 1.54) is 11.8 Å². The van der Waals surface area contributed by atoms with Gasteiger partial charge >= 0.3 is 0 Å². The van der Waals surface area contributed by atoms with E-state index >= 15 is 0 Å². The first-order valence-corrected chi connectivity index (χ1v) is 13.8. The molecule has 36 heavy (non-hydrogen) atoms. The standard InChI is InChI=1S/C28H21ClN2O2S3/c29-20-15-16-24-22(18-20)31(21-11-4-5-12-23(21)35-24)26(32)14-7-17-30-27(33)25(36-28(30)34)13-6-10-19-8-2-1-3-9-19/h1-6,8-13,15-16,18H,7,14,17H2. The van der Waals surface area contributed by atoms with Gasteiger partial charge in [-0.25, -0.2) is 0 Å². The molecule has 2 aliphatic heterocycles. The number of hydrogen-bond acceptors (Lipinski definition) is 5. The van der Waals surface area contributed by atoms with Crippen LogP contribution in [-0.4, -0.2) is 27.6 Å². The van der Waals surface area contributed by atoms with Crippen LogP contribution in [0.25, 0.3) is 6.08 Å². The zero-order valence-electron chi connectivity index (χ0n) is 19.1. The summed E-state index contributed by atoms with van der Waals surface area (Å²) in [6.45, 7) is 0.392. The van der Waals surface area contributed by atoms with E-state index in [4.69, 9.17) is 23.8 Å². The fraction of sp³-hybridized carbons (Fsp3) is 0.107. The van der Waals surface area contributed by atoms with E-state index in [0.29, 0.717) is 27.2 Å². The van der Waals surface area contributed by atoms with Crippen molar-refractivity contribution >= 4 is 80.9 Å². The number of rotatable bonds is 6. The number of para-hydroxylation sites is 1. The van der Waals surface area contributed by atoms with Crippen molar-refractivity contribution in [3.8, 4) is 0 Å². The molecule has 0 spiro atoms. The number of benzene rings is 3. The number of thioether (sulfide) groups is 1. The number of carbonyl (C=O) groups is 2. The van der Waals surface area contributed by atoms with Gasteiger partial charge in [0.05, 0.1) is 16.3 Å². The molecule has 3 aromatic rings. The number of fused-ring (bicyclic) bond motifs is 2. The van der Waals surface area contributed by atoms with E-state index in [0.717, 1.165) is 26.7 Å². The van der Waals surface area contributed by atoms with Gasteiger partial charge in [0.25, 0.3) is 5.91 Å². The van der Waals surface area contributed by atoms with Gasteiger partial charge in [-0.05, 0) is 48.4 Å². The summed E-state index contributed by atoms with van der Waals surface area (Å²) in [5.74, 6) is -0.162. The maximum absolute atomic E-state index is 13.4. The third kappa shape index (κ3) is 5.30. The molecule has 0 atom stereocenters. The first-order valence-electron chi connectivity index (χ1n) is 11.4. The lowest BCUT2D eigenvalue weighted by molar-refractivity contribution is -0.123. The third-order valence-electron chi connectivity index (χ3n) is 5.72. The van der Waals surface area contributed by atoms with Crippen LogP contribution in [0.5, 0.6) is 0 Å². The smallest absolute Gasteiger partial charge is 0.266 e. The summed E-state index contributed by atoms with van der Waals surface area (Å²) in [6.07, 6.45) is 6.37. The molecule has 0 unspecified atom stereocenters. The molecule has 3 aromatic carbocycles. The lowest BCUT2D eigenvalue weighted by Crippen LogP contribution is -2.32. The van der Waals surface area contributed by atoms with Gasteiger partial charge in [-0.3, -0.25) is 19.4 Å². The number of anilines is 2. The Hall–Kier alpha value is -2.84. The van der Waals surface area contributed by atoms with Crippen molar-refractivity contribution in [2.75, 3.05) is 11.4 Å². The first-order chi connectivity index (χ1) is 17.5. The molecule has 180 valence electrons. The first kappa shape index (κ1) is 24.8. The van der Waals surface area contributed by atoms with Crippen molar-refractivity contribution in [3.05, 3.63) is 100 Å². The van der Waals surface area contributed by atoms with Crippen LogP contribution in [0.2, 0.25) is 5.02 Å². The molecule has 8 heteroatoms. The Kier molecular flexibility index (Phi) is 7.62. The molecular weight excluding hydrogens is 528 g/mol. The van der Waals surface area contributed by atoms with Gasteiger partial charge in [0.15, 0.2) is 0 Å². The number of halogens is 1. The van der Waals surface area contributed by atoms with Crippen LogP contribution in [-0.2, 0) is 9.59 Å². The van der Waals surface area contributed by atoms with Crippen LogP contribution in [0.4, 0.5) is 11.4 Å². The van der Waals surface area contributed by atoms with Gasteiger partial charge in [0.2, 0.25) is 5.91 Å². The summed E-state index contributed by atoms with van der Waals surface area (Å²) >= 11 is 14.6. The summed E-state index contributed by atoms with van der Waals surface area (Å²) in [5, 5.41) is 0.581. The Morgan fingerprint density at radius 1 is 0.944 bits per heavy atom. The predicted molar refractivity (Wildman–Crippen MR) is 154 cm³/mol. The highest BCUT2D eigenvalue weighted by atomic mass is 35.5. The van der Waals surface area contributed by atoms with E-state index in [1.807, 2.05) is 84.9 Å². The minimum atomic E-state index is -0.119. The topological polar surface area (TPSA) is 40.6 Å². The quantitative estimate of drug-likeness (QED) is 0.233. The molecule has 2 amide bonds. The fourth-order valence-corrected chi connectivity index (χ4v) is 6.48. The second kappa shape index (κ2) is 11.0. The zero-order chi connectivity index (χ0) is 25.1. The second-order valence-corrected chi connectivity index (χ2v) is 11.3. The lowest BCUT2D eigenvalue weighted by Gasteiger charge is -2.31. The lowest BCUT2D eigenvalue weighted by atomic mass is 10.2. The van der Waals surface area contributed by atoms with E-state index in [2.05, 4.69) is 0 Å². The number of allylic oxidation sites excluding steroid dienone is 2. The van der Waals surface area contributed by atoms with Gasteiger partial charge in [0.1, 0.15) is 4.32 Å². The van der Waals surface area contributed by atoms with Crippen LogP contribution >= 0.6 is 47.3 Å². The monoisotopic (exact) mass is 548 g/mol. The van der Waals surface area contributed by atoms with Crippen molar-refractivity contribution in [1.29, 1.82) is 0 Å². The molecule has 0 aliphatic carbocycles. The Bertz CT molecular complexity index is 1400. The van der Waals surface area contributed by atoms with E-state index in [9.17, 15) is 9.59 Å². The second-order valence-electron chi connectivity index (χ2n) is 8.14. The molecular formula is C28H21ClN2O2S3. The van der Waals surface area contributed by atoms with Gasteiger partial charge in [-0.1, -0.05) is 102 Å². The van der Waals surface area contributed by atoms with Crippen molar-refractivity contribution < 1.29 is 9.59 Å². The third-order valence-corrected chi connectivity index (χ3v) is 8.48. The SMILES string of the molecule is O=C1C(=CC=Cc2ccccc2)SC(=S)N1CCCC(=O)N1c2ccccc2Sc2ccc(Cl)cc21. The Labute approximate surface area is 229 Å². The van der Waals surface area contributed by atoms with Crippen LogP contribution in [0.15, 0.2) is 99.6 Å². The average molecular weight is 549 g/mol. The number of amides is 2. The number of carbonyl (C=O) groups excluding carboxylic acids is 2. The highest BCUT2D eigenvalue weighted by Gasteiger charge is 2.32. The van der Waals surface area contributed by atoms with E-state index in [-0.39, 0.29) is 18.2 Å². The molecule has 2 aliphatic rings. The Balaban J connectivity index is 1.25. The zero-order valence-corrected chi connectivity index (χ0v) is 22.3. The van der Waals surface area contributed by atoms with Crippen molar-refractivity contribution in [2.45, 2.75) is 22.6 Å². The Morgan fingerprint density at radius 3 is 2.53 bits per heavy atom. The minimum absolute atomic E-state index is 0.0435. The molecule has 1 fully saturated rings. The summed E-state index contributed by atoms with van der Waals surface area (Å²) in [4.78, 5) is 32.2. The molecule has 4 nitrogen and oxygen atoms in total. The highest BCUT2D eigenvalue weighted by Crippen LogP contribution is 2.49. The average Bonchev–Trinajstić information content (AvgIpc) is 3.15. The predicted octanol–water partition coefficient (Wildman–Crippen LogP) is 7.71. The molecule has 2 heterocycles. The number of thiocarbonyl (C=S) groups is 1. The largest absolute Gasteiger partial charge is 0.293 e. The molecule has 1 saturated heterocycles. The maximum Gasteiger partial charge on any atom is 0.266 e. The van der Waals surface area contributed by atoms with Crippen LogP contribution in [0, 0.1) is 0 Å². The van der Waals surface area contributed by atoms with Crippen LogP contribution in [0.3, 0.4) is 0 Å². The number of nitrogens with zero attached hydrogens (tertiary/aromatic N) is 2. The van der Waals surface area contributed by atoms with Crippen molar-refractivity contribution in [2.24, 2.45) is 0 Å². The van der Waals surface area contributed by atoms with Gasteiger partial charge in [-0.15, -0.1) is 0 Å². The molecule has 0 N–H and O–H groups in total.